The van der Waals surface area contributed by atoms with Crippen molar-refractivity contribution in [1.29, 1.82) is 0 Å². The summed E-state index contributed by atoms with van der Waals surface area (Å²) in [4.78, 5) is 44.2. The number of carbonyl (C=O) groups excluding carboxylic acids is 1. The van der Waals surface area contributed by atoms with Crippen LogP contribution in [-0.4, -0.2) is 80.6 Å². The van der Waals surface area contributed by atoms with Gasteiger partial charge in [-0.15, -0.1) is 0 Å². The molecule has 7 rings (SSSR count). The molecule has 1 aliphatic carbocycles. The Hall–Kier alpha value is -4.57. The Kier molecular flexibility index (Phi) is 7.59. The van der Waals surface area contributed by atoms with Crippen LogP contribution < -0.4 is 15.1 Å². The van der Waals surface area contributed by atoms with Crippen molar-refractivity contribution in [1.82, 2.24) is 19.9 Å². The number of fused-ring (bicyclic) bond motifs is 3. The average Bonchev–Trinajstić information content (AvgIpc) is 3.63. The van der Waals surface area contributed by atoms with Gasteiger partial charge in [-0.3, -0.25) is 14.5 Å². The topological polar surface area (TPSA) is 115 Å². The van der Waals surface area contributed by atoms with Crippen LogP contribution in [0.2, 0.25) is 0 Å². The number of hydrogen-bond acceptors (Lipinski definition) is 8. The molecule has 44 heavy (non-hydrogen) atoms. The number of carboxylic acid groups (broad SMARTS) is 1. The lowest BCUT2D eigenvalue weighted by molar-refractivity contribution is -0.138. The van der Waals surface area contributed by atoms with Crippen molar-refractivity contribution in [2.24, 2.45) is 0 Å². The highest BCUT2D eigenvalue weighted by Gasteiger charge is 2.44. The highest BCUT2D eigenvalue weighted by molar-refractivity contribution is 5.92. The quantitative estimate of drug-likeness (QED) is 0.298. The molecule has 1 saturated carbocycles. The average molecular weight is 592 g/mol. The summed E-state index contributed by atoms with van der Waals surface area (Å²) in [7, 11) is 0. The number of nitrogens with zero attached hydrogens (tertiary/aromatic N) is 6. The molecular formula is C34H37N7O3. The molecule has 2 aromatic heterocycles. The van der Waals surface area contributed by atoms with Gasteiger partial charge in [-0.25, -0.2) is 15.0 Å². The second-order valence-electron chi connectivity index (χ2n) is 12.3. The Labute approximate surface area is 256 Å². The van der Waals surface area contributed by atoms with E-state index in [1.807, 2.05) is 53.7 Å². The van der Waals surface area contributed by atoms with Crippen molar-refractivity contribution in [3.8, 4) is 11.1 Å². The number of hydrogen-bond donors (Lipinski definition) is 2. The summed E-state index contributed by atoms with van der Waals surface area (Å²) in [5, 5.41) is 13.7. The number of piperazine rings is 1. The Balaban J connectivity index is 0.966. The first-order chi connectivity index (χ1) is 21.4. The number of nitrogens with one attached hydrogen (secondary N) is 1. The first-order valence-electron chi connectivity index (χ1n) is 15.5. The number of pyridine rings is 1. The Morgan fingerprint density at radius 1 is 0.909 bits per heavy atom. The number of carboxylic acids is 1. The van der Waals surface area contributed by atoms with E-state index in [1.165, 1.54) is 0 Å². The largest absolute Gasteiger partial charge is 0.480 e. The highest BCUT2D eigenvalue weighted by atomic mass is 16.4. The van der Waals surface area contributed by atoms with Crippen molar-refractivity contribution in [2.45, 2.75) is 63.2 Å². The van der Waals surface area contributed by atoms with Crippen molar-refractivity contribution in [3.63, 3.8) is 0 Å². The van der Waals surface area contributed by atoms with Crippen LogP contribution in [0.3, 0.4) is 0 Å². The molecule has 2 N–H and O–H groups in total. The number of carbonyl (C=O) groups is 2. The third-order valence-corrected chi connectivity index (χ3v) is 9.44. The standard InChI is InChI=1S/C34H37N7O3/c1-22(42)41(28-13-9-26(10-14-28)37-34-36-18-25-4-2-3-5-31(25)38-34)27-11-6-23(7-12-27)24-8-15-32(35-17-24)40-20-29-16-30(40)19-39(29)21-33(43)44/h2-8,11-12,15,17-18,26,28-30H,9-10,13-14,16,19-21H2,1H3,(H,43,44)(H,36,37,38)/t26?,28?,29-,30-/m1/s1. The lowest BCUT2D eigenvalue weighted by atomic mass is 9.89. The smallest absolute Gasteiger partial charge is 0.317 e. The third-order valence-electron chi connectivity index (χ3n) is 9.44. The summed E-state index contributed by atoms with van der Waals surface area (Å²) in [6, 6.07) is 21.3. The van der Waals surface area contributed by atoms with Crippen molar-refractivity contribution in [2.75, 3.05) is 34.8 Å². The van der Waals surface area contributed by atoms with Crippen molar-refractivity contribution >= 4 is 40.2 Å². The fourth-order valence-electron chi connectivity index (χ4n) is 7.29. The van der Waals surface area contributed by atoms with E-state index in [-0.39, 0.29) is 30.6 Å². The van der Waals surface area contributed by atoms with E-state index in [0.29, 0.717) is 12.0 Å². The van der Waals surface area contributed by atoms with Gasteiger partial charge in [0.2, 0.25) is 11.9 Å². The van der Waals surface area contributed by atoms with Crippen molar-refractivity contribution < 1.29 is 14.7 Å². The lowest BCUT2D eigenvalue weighted by Gasteiger charge is -2.36. The Morgan fingerprint density at radius 2 is 1.68 bits per heavy atom. The third kappa shape index (κ3) is 5.69. The van der Waals surface area contributed by atoms with Gasteiger partial charge >= 0.3 is 5.97 Å². The molecule has 4 heterocycles. The summed E-state index contributed by atoms with van der Waals surface area (Å²) < 4.78 is 0. The SMILES string of the molecule is CC(=O)N(c1ccc(-c2ccc(N3C[C@H]4C[C@@H]3CN4CC(=O)O)nc2)cc1)C1CCC(Nc2ncc3ccccc3n2)CC1. The van der Waals surface area contributed by atoms with Crippen molar-refractivity contribution in [3.05, 3.63) is 73.1 Å². The van der Waals surface area contributed by atoms with Crippen LogP contribution in [0, 0.1) is 0 Å². The van der Waals surface area contributed by atoms with Gasteiger partial charge in [-0.05, 0) is 68.0 Å². The maximum absolute atomic E-state index is 12.8. The molecule has 3 fully saturated rings. The molecule has 2 saturated heterocycles. The van der Waals surface area contributed by atoms with Crippen LogP contribution in [0.1, 0.15) is 39.0 Å². The van der Waals surface area contributed by atoms with Crippen LogP contribution >= 0.6 is 0 Å². The first-order valence-corrected chi connectivity index (χ1v) is 15.5. The maximum Gasteiger partial charge on any atom is 0.317 e. The number of benzene rings is 2. The van der Waals surface area contributed by atoms with Gasteiger partial charge < -0.3 is 20.2 Å². The molecule has 0 spiro atoms. The second-order valence-corrected chi connectivity index (χ2v) is 12.3. The van der Waals surface area contributed by atoms with Crippen LogP contribution in [0.4, 0.5) is 17.5 Å². The van der Waals surface area contributed by atoms with E-state index in [9.17, 15) is 9.59 Å². The van der Waals surface area contributed by atoms with Gasteiger partial charge in [0.15, 0.2) is 0 Å². The zero-order valence-corrected chi connectivity index (χ0v) is 24.8. The molecule has 226 valence electrons. The van der Waals surface area contributed by atoms with Crippen LogP contribution in [0.5, 0.6) is 0 Å². The Morgan fingerprint density at radius 3 is 2.36 bits per heavy atom. The van der Waals surface area contributed by atoms with E-state index in [2.05, 4.69) is 49.4 Å². The van der Waals surface area contributed by atoms with Crippen LogP contribution in [-0.2, 0) is 9.59 Å². The van der Waals surface area contributed by atoms with E-state index in [0.717, 1.165) is 78.7 Å². The number of rotatable bonds is 8. The highest BCUT2D eigenvalue weighted by Crippen LogP contribution is 2.35. The molecule has 2 aliphatic heterocycles. The normalized spacial score (nSPS) is 23.2. The van der Waals surface area contributed by atoms with Crippen LogP contribution in [0.25, 0.3) is 22.0 Å². The minimum atomic E-state index is -0.767. The van der Waals surface area contributed by atoms with Crippen LogP contribution in [0.15, 0.2) is 73.1 Å². The van der Waals surface area contributed by atoms with Gasteiger partial charge in [0, 0.05) is 73.2 Å². The number of aromatic nitrogens is 3. The van der Waals surface area contributed by atoms with E-state index in [4.69, 9.17) is 10.1 Å². The summed E-state index contributed by atoms with van der Waals surface area (Å²) in [5.41, 5.74) is 3.92. The number of aliphatic carboxylic acids is 1. The first kappa shape index (κ1) is 28.2. The van der Waals surface area contributed by atoms with E-state index < -0.39 is 5.97 Å². The monoisotopic (exact) mass is 591 g/mol. The molecule has 2 atom stereocenters. The molecular weight excluding hydrogens is 554 g/mol. The second kappa shape index (κ2) is 11.8. The molecule has 4 aromatic rings. The fraction of sp³-hybridized carbons (Fsp3) is 0.382. The number of anilines is 3. The van der Waals surface area contributed by atoms with Gasteiger partial charge in [0.1, 0.15) is 5.82 Å². The summed E-state index contributed by atoms with van der Waals surface area (Å²) in [5.74, 6) is 0.883. The zero-order valence-electron chi connectivity index (χ0n) is 24.8. The van der Waals surface area contributed by atoms with E-state index in [1.54, 1.807) is 6.92 Å². The molecule has 10 heteroatoms. The summed E-state index contributed by atoms with van der Waals surface area (Å²) in [6.07, 6.45) is 8.45. The van der Waals surface area contributed by atoms with Gasteiger partial charge in [-0.1, -0.05) is 30.3 Å². The number of amides is 1. The molecule has 10 nitrogen and oxygen atoms in total. The zero-order chi connectivity index (χ0) is 30.2. The molecule has 1 amide bonds. The van der Waals surface area contributed by atoms with Gasteiger partial charge in [-0.2, -0.15) is 0 Å². The maximum atomic E-state index is 12.8. The molecule has 2 aromatic carbocycles. The minimum Gasteiger partial charge on any atom is -0.480 e. The molecule has 2 bridgehead atoms. The van der Waals surface area contributed by atoms with Gasteiger partial charge in [0.25, 0.3) is 0 Å². The van der Waals surface area contributed by atoms with E-state index >= 15 is 0 Å². The minimum absolute atomic E-state index is 0.0554. The Bertz CT molecular complexity index is 1650. The number of para-hydroxylation sites is 1. The molecule has 3 aliphatic rings. The summed E-state index contributed by atoms with van der Waals surface area (Å²) in [6.45, 7) is 3.34. The summed E-state index contributed by atoms with van der Waals surface area (Å²) >= 11 is 0. The number of likely N-dealkylation sites (tertiary alicyclic amines) is 1. The predicted molar refractivity (Wildman–Crippen MR) is 171 cm³/mol. The predicted octanol–water partition coefficient (Wildman–Crippen LogP) is 4.82. The fourth-order valence-corrected chi connectivity index (χ4v) is 7.29. The molecule has 0 unspecified atom stereocenters. The lowest BCUT2D eigenvalue weighted by Crippen LogP contribution is -2.48. The van der Waals surface area contributed by atoms with Gasteiger partial charge in [0.05, 0.1) is 12.1 Å². The molecule has 0 radical (unpaired) electrons.